The third-order valence-electron chi connectivity index (χ3n) is 2.51. The Labute approximate surface area is 102 Å². The van der Waals surface area contributed by atoms with Gasteiger partial charge in [-0.2, -0.15) is 0 Å². The molecule has 0 spiro atoms. The summed E-state index contributed by atoms with van der Waals surface area (Å²) in [7, 11) is 0. The molecule has 0 aliphatic heterocycles. The van der Waals surface area contributed by atoms with Crippen molar-refractivity contribution in [2.24, 2.45) is 0 Å². The van der Waals surface area contributed by atoms with Crippen LogP contribution in [0.3, 0.4) is 0 Å². The van der Waals surface area contributed by atoms with Gasteiger partial charge in [-0.05, 0) is 12.1 Å². The number of aliphatic hydroxyl groups is 2. The van der Waals surface area contributed by atoms with E-state index in [0.717, 1.165) is 12.1 Å². The molecule has 1 heterocycles. The molecule has 1 unspecified atom stereocenters. The molecule has 2 rings (SSSR count). The number of hydrogen-bond donors (Lipinski definition) is 2. The van der Waals surface area contributed by atoms with E-state index in [4.69, 9.17) is 5.11 Å². The Hall–Kier alpha value is -1.79. The summed E-state index contributed by atoms with van der Waals surface area (Å²) in [5, 5.41) is 18.1. The van der Waals surface area contributed by atoms with Crippen molar-refractivity contribution in [3.63, 3.8) is 0 Å². The predicted molar refractivity (Wildman–Crippen MR) is 60.7 cm³/mol. The van der Waals surface area contributed by atoms with Gasteiger partial charge in [0.05, 0.1) is 24.8 Å². The highest BCUT2D eigenvalue weighted by Crippen LogP contribution is 2.22. The van der Waals surface area contributed by atoms with E-state index in [1.54, 1.807) is 6.20 Å². The normalized spacial score (nSPS) is 12.7. The van der Waals surface area contributed by atoms with E-state index in [2.05, 4.69) is 4.98 Å². The van der Waals surface area contributed by atoms with E-state index in [1.807, 2.05) is 0 Å². The lowest BCUT2D eigenvalue weighted by Crippen LogP contribution is -2.20. The van der Waals surface area contributed by atoms with Crippen molar-refractivity contribution in [1.29, 1.82) is 0 Å². The molecule has 1 atom stereocenters. The molecule has 1 aromatic carbocycles. The van der Waals surface area contributed by atoms with Gasteiger partial charge in [0, 0.05) is 18.5 Å². The van der Waals surface area contributed by atoms with Crippen molar-refractivity contribution in [1.82, 2.24) is 9.55 Å². The summed E-state index contributed by atoms with van der Waals surface area (Å²) in [5.74, 6) is -1.11. The SMILES string of the molecule is OCC(O)Cn1ccnc1-c1ccc(F)cc1F. The zero-order valence-corrected chi connectivity index (χ0v) is 9.42. The van der Waals surface area contributed by atoms with Crippen molar-refractivity contribution in [3.05, 3.63) is 42.2 Å². The fourth-order valence-corrected chi connectivity index (χ4v) is 1.66. The van der Waals surface area contributed by atoms with Gasteiger partial charge in [0.25, 0.3) is 0 Å². The highest BCUT2D eigenvalue weighted by molar-refractivity contribution is 5.56. The van der Waals surface area contributed by atoms with Gasteiger partial charge in [-0.25, -0.2) is 13.8 Å². The van der Waals surface area contributed by atoms with Gasteiger partial charge < -0.3 is 14.8 Å². The molecule has 2 N–H and O–H groups in total. The van der Waals surface area contributed by atoms with Gasteiger partial charge in [-0.15, -0.1) is 0 Å². The summed E-state index contributed by atoms with van der Waals surface area (Å²) in [6.45, 7) is -0.313. The van der Waals surface area contributed by atoms with Crippen LogP contribution in [-0.4, -0.2) is 32.5 Å². The minimum atomic E-state index is -0.957. The Bertz CT molecular complexity index is 543. The molecule has 18 heavy (non-hydrogen) atoms. The van der Waals surface area contributed by atoms with Gasteiger partial charge in [0.15, 0.2) is 0 Å². The largest absolute Gasteiger partial charge is 0.394 e. The molecule has 0 aliphatic carbocycles. The summed E-state index contributed by atoms with van der Waals surface area (Å²) in [5.41, 5.74) is 0.145. The number of halogens is 2. The van der Waals surface area contributed by atoms with Crippen LogP contribution in [-0.2, 0) is 6.54 Å². The van der Waals surface area contributed by atoms with Gasteiger partial charge >= 0.3 is 0 Å². The molecule has 0 radical (unpaired) electrons. The molecular formula is C12H12F2N2O2. The van der Waals surface area contributed by atoms with Gasteiger partial charge in [-0.3, -0.25) is 0 Å². The zero-order chi connectivity index (χ0) is 13.1. The maximum Gasteiger partial charge on any atom is 0.142 e. The average molecular weight is 254 g/mol. The van der Waals surface area contributed by atoms with E-state index in [1.165, 1.54) is 16.8 Å². The monoisotopic (exact) mass is 254 g/mol. The standard InChI is InChI=1S/C12H12F2N2O2/c13-8-1-2-10(11(14)5-8)12-15-3-4-16(12)6-9(18)7-17/h1-5,9,17-18H,6-7H2. The number of benzene rings is 1. The molecule has 0 fully saturated rings. The van der Waals surface area contributed by atoms with E-state index >= 15 is 0 Å². The Morgan fingerprint density at radius 3 is 2.78 bits per heavy atom. The van der Waals surface area contributed by atoms with Crippen molar-refractivity contribution in [2.45, 2.75) is 12.6 Å². The maximum atomic E-state index is 13.6. The van der Waals surface area contributed by atoms with Crippen LogP contribution >= 0.6 is 0 Å². The van der Waals surface area contributed by atoms with E-state index in [9.17, 15) is 13.9 Å². The molecular weight excluding hydrogens is 242 g/mol. The second-order valence-corrected chi connectivity index (χ2v) is 3.86. The molecule has 96 valence electrons. The summed E-state index contributed by atoms with van der Waals surface area (Å²) in [6, 6.07) is 3.20. The minimum Gasteiger partial charge on any atom is -0.394 e. The predicted octanol–water partition coefficient (Wildman–Crippen LogP) is 1.18. The summed E-state index contributed by atoms with van der Waals surface area (Å²) >= 11 is 0. The molecule has 6 heteroatoms. The number of aliphatic hydroxyl groups excluding tert-OH is 2. The average Bonchev–Trinajstić information content (AvgIpc) is 2.77. The highest BCUT2D eigenvalue weighted by Gasteiger charge is 2.13. The van der Waals surface area contributed by atoms with Crippen molar-refractivity contribution in [3.8, 4) is 11.4 Å². The Morgan fingerprint density at radius 2 is 2.11 bits per heavy atom. The van der Waals surface area contributed by atoms with E-state index in [0.29, 0.717) is 0 Å². The number of imidazole rings is 1. The van der Waals surface area contributed by atoms with E-state index in [-0.39, 0.29) is 17.9 Å². The summed E-state index contributed by atoms with van der Waals surface area (Å²) in [6.07, 6.45) is 2.04. The molecule has 0 aliphatic rings. The molecule has 0 saturated carbocycles. The zero-order valence-electron chi connectivity index (χ0n) is 9.42. The van der Waals surface area contributed by atoms with Crippen LogP contribution < -0.4 is 0 Å². The second kappa shape index (κ2) is 5.24. The number of rotatable bonds is 4. The molecule has 0 amide bonds. The number of nitrogens with zero attached hydrogens (tertiary/aromatic N) is 2. The van der Waals surface area contributed by atoms with Crippen molar-refractivity contribution < 1.29 is 19.0 Å². The minimum absolute atomic E-state index is 0.0860. The van der Waals surface area contributed by atoms with Crippen LogP contribution in [0.15, 0.2) is 30.6 Å². The molecule has 1 aromatic heterocycles. The molecule has 4 nitrogen and oxygen atoms in total. The third kappa shape index (κ3) is 2.55. The van der Waals surface area contributed by atoms with Crippen molar-refractivity contribution >= 4 is 0 Å². The lowest BCUT2D eigenvalue weighted by molar-refractivity contribution is 0.0815. The number of aromatic nitrogens is 2. The quantitative estimate of drug-likeness (QED) is 0.861. The fourth-order valence-electron chi connectivity index (χ4n) is 1.66. The van der Waals surface area contributed by atoms with Gasteiger partial charge in [-0.1, -0.05) is 0 Å². The highest BCUT2D eigenvalue weighted by atomic mass is 19.1. The van der Waals surface area contributed by atoms with Crippen LogP contribution in [0.1, 0.15) is 0 Å². The van der Waals surface area contributed by atoms with Crippen LogP contribution in [0.4, 0.5) is 8.78 Å². The number of hydrogen-bond acceptors (Lipinski definition) is 3. The summed E-state index contributed by atoms with van der Waals surface area (Å²) in [4.78, 5) is 3.97. The van der Waals surface area contributed by atoms with Crippen LogP contribution in [0, 0.1) is 11.6 Å². The Kier molecular flexibility index (Phi) is 3.69. The maximum absolute atomic E-state index is 13.6. The first-order valence-corrected chi connectivity index (χ1v) is 5.37. The Balaban J connectivity index is 2.36. The molecule has 0 bridgehead atoms. The van der Waals surface area contributed by atoms with Crippen LogP contribution in [0.2, 0.25) is 0 Å². The smallest absolute Gasteiger partial charge is 0.142 e. The first kappa shape index (κ1) is 12.7. The molecule has 2 aromatic rings. The lowest BCUT2D eigenvalue weighted by atomic mass is 10.2. The fraction of sp³-hybridized carbons (Fsp3) is 0.250. The topological polar surface area (TPSA) is 58.3 Å². The first-order valence-electron chi connectivity index (χ1n) is 5.37. The Morgan fingerprint density at radius 1 is 1.33 bits per heavy atom. The summed E-state index contributed by atoms with van der Waals surface area (Å²) < 4.78 is 27.9. The molecule has 0 saturated heterocycles. The van der Waals surface area contributed by atoms with Gasteiger partial charge in [0.1, 0.15) is 17.5 Å². The van der Waals surface area contributed by atoms with E-state index < -0.39 is 24.3 Å². The second-order valence-electron chi connectivity index (χ2n) is 3.86. The van der Waals surface area contributed by atoms with Crippen molar-refractivity contribution in [2.75, 3.05) is 6.61 Å². The van der Waals surface area contributed by atoms with Crippen LogP contribution in [0.5, 0.6) is 0 Å². The third-order valence-corrected chi connectivity index (χ3v) is 2.51. The first-order chi connectivity index (χ1) is 8.61. The van der Waals surface area contributed by atoms with Crippen LogP contribution in [0.25, 0.3) is 11.4 Å². The van der Waals surface area contributed by atoms with Gasteiger partial charge in [0.2, 0.25) is 0 Å². The lowest BCUT2D eigenvalue weighted by Gasteiger charge is -2.11.